The highest BCUT2D eigenvalue weighted by atomic mass is 79.9. The summed E-state index contributed by atoms with van der Waals surface area (Å²) in [5.41, 5.74) is 10.2. The Kier molecular flexibility index (Phi) is 3.24. The topological polar surface area (TPSA) is 26.0 Å². The number of rotatable bonds is 3. The largest absolute Gasteiger partial charge is 0.330 e. The molecule has 0 saturated carbocycles. The zero-order valence-electron chi connectivity index (χ0n) is 8.35. The summed E-state index contributed by atoms with van der Waals surface area (Å²) in [6.45, 7) is 0.793. The first-order chi connectivity index (χ1) is 6.81. The third kappa shape index (κ3) is 2.01. The van der Waals surface area contributed by atoms with Gasteiger partial charge in [0.05, 0.1) is 0 Å². The molecule has 14 heavy (non-hydrogen) atoms. The van der Waals surface area contributed by atoms with Crippen molar-refractivity contribution in [3.05, 3.63) is 33.3 Å². The minimum atomic E-state index is 0.793. The molecule has 0 unspecified atom stereocenters. The Balaban J connectivity index is 2.29. The van der Waals surface area contributed by atoms with Gasteiger partial charge in [0.1, 0.15) is 0 Å². The molecule has 0 atom stereocenters. The lowest BCUT2D eigenvalue weighted by molar-refractivity contribution is 0.820. The van der Waals surface area contributed by atoms with Crippen LogP contribution in [0.3, 0.4) is 0 Å². The first kappa shape index (κ1) is 10.2. The lowest BCUT2D eigenvalue weighted by atomic mass is 10.00. The van der Waals surface area contributed by atoms with Crippen molar-refractivity contribution < 1.29 is 0 Å². The monoisotopic (exact) mass is 253 g/mol. The van der Waals surface area contributed by atoms with Crippen LogP contribution in [0.5, 0.6) is 0 Å². The van der Waals surface area contributed by atoms with Crippen LogP contribution < -0.4 is 5.73 Å². The van der Waals surface area contributed by atoms with Crippen molar-refractivity contribution in [2.75, 3.05) is 6.54 Å². The summed E-state index contributed by atoms with van der Waals surface area (Å²) in [4.78, 5) is 0. The number of fused-ring (bicyclic) bond motifs is 1. The van der Waals surface area contributed by atoms with Gasteiger partial charge in [-0.15, -0.1) is 0 Å². The van der Waals surface area contributed by atoms with E-state index in [-0.39, 0.29) is 0 Å². The van der Waals surface area contributed by atoms with E-state index in [2.05, 4.69) is 28.1 Å². The summed E-state index contributed by atoms with van der Waals surface area (Å²) in [5.74, 6) is 0. The highest BCUT2D eigenvalue weighted by molar-refractivity contribution is 9.10. The Bertz CT molecular complexity index is 333. The second-order valence-corrected chi connectivity index (χ2v) is 4.86. The molecule has 0 aromatic heterocycles. The van der Waals surface area contributed by atoms with Crippen molar-refractivity contribution >= 4 is 15.9 Å². The highest BCUT2D eigenvalue weighted by Gasteiger charge is 2.15. The molecule has 1 nitrogen and oxygen atoms in total. The molecular formula is C12H16BrN. The first-order valence-corrected chi connectivity index (χ1v) is 6.11. The predicted molar refractivity (Wildman–Crippen MR) is 63.5 cm³/mol. The number of hydrogen-bond acceptors (Lipinski definition) is 1. The van der Waals surface area contributed by atoms with Crippen LogP contribution in [-0.4, -0.2) is 6.54 Å². The predicted octanol–water partition coefficient (Wildman–Crippen LogP) is 2.83. The van der Waals surface area contributed by atoms with E-state index in [1.807, 2.05) is 0 Å². The third-order valence-corrected chi connectivity index (χ3v) is 3.38. The van der Waals surface area contributed by atoms with Gasteiger partial charge < -0.3 is 5.73 Å². The van der Waals surface area contributed by atoms with Crippen LogP contribution in [0.25, 0.3) is 0 Å². The molecule has 1 aromatic rings. The van der Waals surface area contributed by atoms with Crippen LogP contribution in [0.1, 0.15) is 29.5 Å². The third-order valence-electron chi connectivity index (χ3n) is 2.92. The molecule has 76 valence electrons. The zero-order chi connectivity index (χ0) is 9.97. The Labute approximate surface area is 93.8 Å². The van der Waals surface area contributed by atoms with Crippen LogP contribution in [0.15, 0.2) is 16.6 Å². The van der Waals surface area contributed by atoms with Gasteiger partial charge >= 0.3 is 0 Å². The van der Waals surface area contributed by atoms with Gasteiger partial charge in [0.2, 0.25) is 0 Å². The average molecular weight is 254 g/mol. The van der Waals surface area contributed by atoms with Gasteiger partial charge in [-0.3, -0.25) is 0 Å². The van der Waals surface area contributed by atoms with Crippen LogP contribution in [-0.2, 0) is 19.3 Å². The van der Waals surface area contributed by atoms with Crippen molar-refractivity contribution in [2.45, 2.75) is 32.1 Å². The van der Waals surface area contributed by atoms with Crippen LogP contribution >= 0.6 is 15.9 Å². The van der Waals surface area contributed by atoms with Crippen LogP contribution in [0, 0.1) is 0 Å². The van der Waals surface area contributed by atoms with Gasteiger partial charge in [0, 0.05) is 4.47 Å². The number of hydrogen-bond donors (Lipinski definition) is 1. The maximum Gasteiger partial charge on any atom is 0.0180 e. The van der Waals surface area contributed by atoms with Gasteiger partial charge in [-0.25, -0.2) is 0 Å². The molecule has 0 radical (unpaired) electrons. The molecule has 2 rings (SSSR count). The van der Waals surface area contributed by atoms with E-state index in [0.717, 1.165) is 19.4 Å². The zero-order valence-corrected chi connectivity index (χ0v) is 9.94. The number of halogens is 1. The Morgan fingerprint density at radius 2 is 2.14 bits per heavy atom. The van der Waals surface area contributed by atoms with Gasteiger partial charge in [-0.05, 0) is 67.5 Å². The molecule has 0 aliphatic heterocycles. The van der Waals surface area contributed by atoms with E-state index in [0.29, 0.717) is 0 Å². The number of aryl methyl sites for hydroxylation is 2. The summed E-state index contributed by atoms with van der Waals surface area (Å²) in [6, 6.07) is 4.54. The van der Waals surface area contributed by atoms with Crippen molar-refractivity contribution in [2.24, 2.45) is 5.73 Å². The molecule has 0 amide bonds. The lowest BCUT2D eigenvalue weighted by Gasteiger charge is -2.08. The van der Waals surface area contributed by atoms with Crippen LogP contribution in [0.2, 0.25) is 0 Å². The normalized spacial score (nSPS) is 14.4. The van der Waals surface area contributed by atoms with E-state index in [4.69, 9.17) is 5.73 Å². The molecule has 0 bridgehead atoms. The SMILES string of the molecule is NCCCc1cc(Br)cc2c1CCC2. The summed E-state index contributed by atoms with van der Waals surface area (Å²) in [6.07, 6.45) is 6.08. The number of nitrogens with two attached hydrogens (primary N) is 1. The molecule has 1 aromatic carbocycles. The number of benzene rings is 1. The van der Waals surface area contributed by atoms with Crippen molar-refractivity contribution in [3.8, 4) is 0 Å². The van der Waals surface area contributed by atoms with E-state index >= 15 is 0 Å². The van der Waals surface area contributed by atoms with Crippen molar-refractivity contribution in [1.82, 2.24) is 0 Å². The minimum absolute atomic E-state index is 0.793. The van der Waals surface area contributed by atoms with Crippen molar-refractivity contribution in [1.29, 1.82) is 0 Å². The minimum Gasteiger partial charge on any atom is -0.330 e. The molecule has 2 N–H and O–H groups in total. The van der Waals surface area contributed by atoms with E-state index < -0.39 is 0 Å². The quantitative estimate of drug-likeness (QED) is 0.881. The van der Waals surface area contributed by atoms with Gasteiger partial charge in [-0.1, -0.05) is 15.9 Å². The standard InChI is InChI=1S/C12H16BrN/c13-11-7-9-3-1-5-12(9)10(8-11)4-2-6-14/h7-8H,1-6,14H2. The fraction of sp³-hybridized carbons (Fsp3) is 0.500. The second kappa shape index (κ2) is 4.45. The van der Waals surface area contributed by atoms with Crippen LogP contribution in [0.4, 0.5) is 0 Å². The molecule has 0 spiro atoms. The highest BCUT2D eigenvalue weighted by Crippen LogP contribution is 2.29. The van der Waals surface area contributed by atoms with E-state index in [9.17, 15) is 0 Å². The average Bonchev–Trinajstić information content (AvgIpc) is 2.61. The summed E-state index contributed by atoms with van der Waals surface area (Å²) < 4.78 is 1.23. The molecular weight excluding hydrogens is 238 g/mol. The maximum absolute atomic E-state index is 5.55. The fourth-order valence-corrected chi connectivity index (χ4v) is 2.82. The Morgan fingerprint density at radius 3 is 2.93 bits per heavy atom. The van der Waals surface area contributed by atoms with Gasteiger partial charge in [0.25, 0.3) is 0 Å². The van der Waals surface area contributed by atoms with E-state index in [1.165, 1.54) is 29.3 Å². The molecule has 1 aliphatic carbocycles. The summed E-state index contributed by atoms with van der Waals surface area (Å²) in [7, 11) is 0. The summed E-state index contributed by atoms with van der Waals surface area (Å²) >= 11 is 3.58. The van der Waals surface area contributed by atoms with E-state index in [1.54, 1.807) is 11.1 Å². The molecule has 1 aliphatic rings. The fourth-order valence-electron chi connectivity index (χ4n) is 2.27. The molecule has 0 fully saturated rings. The van der Waals surface area contributed by atoms with Crippen molar-refractivity contribution in [3.63, 3.8) is 0 Å². The maximum atomic E-state index is 5.55. The second-order valence-electron chi connectivity index (χ2n) is 3.95. The van der Waals surface area contributed by atoms with Gasteiger partial charge in [0.15, 0.2) is 0 Å². The lowest BCUT2D eigenvalue weighted by Crippen LogP contribution is -2.02. The van der Waals surface area contributed by atoms with Gasteiger partial charge in [-0.2, -0.15) is 0 Å². The Hall–Kier alpha value is -0.340. The summed E-state index contributed by atoms with van der Waals surface area (Å²) in [5, 5.41) is 0. The Morgan fingerprint density at radius 1 is 1.29 bits per heavy atom. The molecule has 2 heteroatoms. The molecule has 0 saturated heterocycles. The first-order valence-electron chi connectivity index (χ1n) is 5.31. The molecule has 0 heterocycles. The smallest absolute Gasteiger partial charge is 0.0180 e.